The molecule has 2 heterocycles. The van der Waals surface area contributed by atoms with E-state index in [1.807, 2.05) is 48.5 Å². The standard InChI is InChI=1S/C23H19ClN4O2S/c24-17-5-1-3-15(11-17)13-26-22(30)21-8-7-20(31-21)19-9-10-25-23(28-19)27-18-6-2-4-16(12-18)14-29/h1-12,29H,13-14H2,(H,26,30)(H,25,27,28). The van der Waals surface area contributed by atoms with Gasteiger partial charge >= 0.3 is 0 Å². The van der Waals surface area contributed by atoms with E-state index in [4.69, 9.17) is 11.6 Å². The largest absolute Gasteiger partial charge is 0.392 e. The maximum absolute atomic E-state index is 12.5. The predicted octanol–water partition coefficient (Wildman–Crippen LogP) is 5.02. The smallest absolute Gasteiger partial charge is 0.261 e. The summed E-state index contributed by atoms with van der Waals surface area (Å²) in [7, 11) is 0. The van der Waals surface area contributed by atoms with Crippen LogP contribution in [-0.4, -0.2) is 21.0 Å². The molecule has 0 fully saturated rings. The first-order chi connectivity index (χ1) is 15.1. The number of nitrogens with one attached hydrogen (secondary N) is 2. The van der Waals surface area contributed by atoms with E-state index in [-0.39, 0.29) is 12.5 Å². The second kappa shape index (κ2) is 9.70. The van der Waals surface area contributed by atoms with Crippen LogP contribution in [0.5, 0.6) is 0 Å². The van der Waals surface area contributed by atoms with Gasteiger partial charge in [-0.1, -0.05) is 35.9 Å². The third-order valence-electron chi connectivity index (χ3n) is 4.45. The van der Waals surface area contributed by atoms with Crippen LogP contribution in [0.3, 0.4) is 0 Å². The molecule has 0 bridgehead atoms. The molecule has 0 spiro atoms. The summed E-state index contributed by atoms with van der Waals surface area (Å²) in [5.41, 5.74) is 3.24. The average molecular weight is 451 g/mol. The summed E-state index contributed by atoms with van der Waals surface area (Å²) < 4.78 is 0. The van der Waals surface area contributed by atoms with Crippen LogP contribution in [0.25, 0.3) is 10.6 Å². The zero-order valence-electron chi connectivity index (χ0n) is 16.4. The number of hydrogen-bond acceptors (Lipinski definition) is 6. The number of aliphatic hydroxyl groups excluding tert-OH is 1. The van der Waals surface area contributed by atoms with Crippen molar-refractivity contribution in [3.05, 3.63) is 94.0 Å². The van der Waals surface area contributed by atoms with Crippen molar-refractivity contribution >= 4 is 40.5 Å². The highest BCUT2D eigenvalue weighted by atomic mass is 35.5. The number of anilines is 2. The third-order valence-corrected chi connectivity index (χ3v) is 5.79. The molecule has 0 aliphatic heterocycles. The van der Waals surface area contributed by atoms with E-state index in [0.29, 0.717) is 22.4 Å². The minimum absolute atomic E-state index is 0.0340. The summed E-state index contributed by atoms with van der Waals surface area (Å²) in [6, 6.07) is 20.3. The maximum atomic E-state index is 12.5. The molecule has 1 amide bonds. The van der Waals surface area contributed by atoms with Crippen LogP contribution in [0.15, 0.2) is 72.9 Å². The number of carbonyl (C=O) groups is 1. The fourth-order valence-corrected chi connectivity index (χ4v) is 4.05. The second-order valence-electron chi connectivity index (χ2n) is 6.73. The molecule has 2 aromatic heterocycles. The van der Waals surface area contributed by atoms with Gasteiger partial charge in [-0.05, 0) is 53.6 Å². The Morgan fingerprint density at radius 2 is 1.87 bits per heavy atom. The second-order valence-corrected chi connectivity index (χ2v) is 8.25. The van der Waals surface area contributed by atoms with E-state index in [1.165, 1.54) is 11.3 Å². The molecule has 0 aliphatic carbocycles. The Labute approximate surface area is 188 Å². The van der Waals surface area contributed by atoms with Gasteiger partial charge in [0, 0.05) is 23.5 Å². The Kier molecular flexibility index (Phi) is 6.57. The number of nitrogens with zero attached hydrogens (tertiary/aromatic N) is 2. The summed E-state index contributed by atoms with van der Waals surface area (Å²) in [6.45, 7) is 0.370. The summed E-state index contributed by atoms with van der Waals surface area (Å²) in [6.07, 6.45) is 1.67. The number of aromatic nitrogens is 2. The van der Waals surface area contributed by atoms with E-state index < -0.39 is 0 Å². The van der Waals surface area contributed by atoms with E-state index in [2.05, 4.69) is 20.6 Å². The first-order valence-electron chi connectivity index (χ1n) is 9.53. The Morgan fingerprint density at radius 3 is 2.71 bits per heavy atom. The monoisotopic (exact) mass is 450 g/mol. The van der Waals surface area contributed by atoms with Gasteiger partial charge in [0.2, 0.25) is 5.95 Å². The van der Waals surface area contributed by atoms with Crippen LogP contribution >= 0.6 is 22.9 Å². The lowest BCUT2D eigenvalue weighted by molar-refractivity contribution is 0.0955. The van der Waals surface area contributed by atoms with Gasteiger partial charge in [-0.3, -0.25) is 4.79 Å². The molecule has 4 rings (SSSR count). The highest BCUT2D eigenvalue weighted by Gasteiger charge is 2.12. The highest BCUT2D eigenvalue weighted by Crippen LogP contribution is 2.27. The van der Waals surface area contributed by atoms with E-state index in [0.717, 1.165) is 27.4 Å². The number of thiophene rings is 1. The molecule has 0 aliphatic rings. The van der Waals surface area contributed by atoms with Gasteiger partial charge in [0.05, 0.1) is 22.1 Å². The van der Waals surface area contributed by atoms with Gasteiger partial charge in [-0.25, -0.2) is 9.97 Å². The Balaban J connectivity index is 1.44. The molecule has 2 aromatic carbocycles. The highest BCUT2D eigenvalue weighted by molar-refractivity contribution is 7.17. The van der Waals surface area contributed by atoms with E-state index in [9.17, 15) is 9.90 Å². The number of carbonyl (C=O) groups excluding carboxylic acids is 1. The Bertz CT molecular complexity index is 1210. The van der Waals surface area contributed by atoms with Gasteiger partial charge in [0.1, 0.15) is 0 Å². The number of rotatable bonds is 7. The molecule has 31 heavy (non-hydrogen) atoms. The first kappa shape index (κ1) is 21.0. The van der Waals surface area contributed by atoms with Crippen LogP contribution in [-0.2, 0) is 13.2 Å². The van der Waals surface area contributed by atoms with Crippen LogP contribution < -0.4 is 10.6 Å². The average Bonchev–Trinajstić information content (AvgIpc) is 3.28. The van der Waals surface area contributed by atoms with Crippen LogP contribution in [0.4, 0.5) is 11.6 Å². The summed E-state index contributed by atoms with van der Waals surface area (Å²) >= 11 is 7.35. The van der Waals surface area contributed by atoms with E-state index in [1.54, 1.807) is 24.4 Å². The van der Waals surface area contributed by atoms with Crippen molar-refractivity contribution < 1.29 is 9.90 Å². The summed E-state index contributed by atoms with van der Waals surface area (Å²) in [5.74, 6) is 0.289. The van der Waals surface area contributed by atoms with Crippen molar-refractivity contribution in [1.82, 2.24) is 15.3 Å². The quantitative estimate of drug-likeness (QED) is 0.368. The van der Waals surface area contributed by atoms with Gasteiger partial charge in [0.15, 0.2) is 0 Å². The number of hydrogen-bond donors (Lipinski definition) is 3. The van der Waals surface area contributed by atoms with Crippen molar-refractivity contribution in [2.45, 2.75) is 13.2 Å². The number of halogens is 1. The molecule has 8 heteroatoms. The normalized spacial score (nSPS) is 10.6. The minimum Gasteiger partial charge on any atom is -0.392 e. The third kappa shape index (κ3) is 5.46. The van der Waals surface area contributed by atoms with Crippen LogP contribution in [0, 0.1) is 0 Å². The SMILES string of the molecule is O=C(NCc1cccc(Cl)c1)c1ccc(-c2ccnc(Nc3cccc(CO)c3)n2)s1. The fourth-order valence-electron chi connectivity index (χ4n) is 2.95. The minimum atomic E-state index is -0.149. The molecule has 0 atom stereocenters. The molecule has 0 radical (unpaired) electrons. The number of aliphatic hydroxyl groups is 1. The molecule has 156 valence electrons. The van der Waals surface area contributed by atoms with Gasteiger partial charge in [-0.2, -0.15) is 0 Å². The van der Waals surface area contributed by atoms with E-state index >= 15 is 0 Å². The zero-order valence-corrected chi connectivity index (χ0v) is 18.0. The summed E-state index contributed by atoms with van der Waals surface area (Å²) in [5, 5.41) is 16.0. The van der Waals surface area contributed by atoms with Crippen molar-refractivity contribution in [3.8, 4) is 10.6 Å². The number of amides is 1. The molecule has 0 saturated carbocycles. The van der Waals surface area contributed by atoms with Crippen LogP contribution in [0.2, 0.25) is 5.02 Å². The van der Waals surface area contributed by atoms with Gasteiger partial charge in [0.25, 0.3) is 5.91 Å². The van der Waals surface area contributed by atoms with Gasteiger partial charge < -0.3 is 15.7 Å². The molecule has 4 aromatic rings. The topological polar surface area (TPSA) is 87.1 Å². The first-order valence-corrected chi connectivity index (χ1v) is 10.7. The molecular formula is C23H19ClN4O2S. The lowest BCUT2D eigenvalue weighted by Gasteiger charge is -2.07. The molecular weight excluding hydrogens is 432 g/mol. The van der Waals surface area contributed by atoms with Crippen molar-refractivity contribution in [1.29, 1.82) is 0 Å². The van der Waals surface area contributed by atoms with Crippen molar-refractivity contribution in [2.24, 2.45) is 0 Å². The zero-order chi connectivity index (χ0) is 21.6. The molecule has 0 unspecified atom stereocenters. The van der Waals surface area contributed by atoms with Crippen molar-refractivity contribution in [3.63, 3.8) is 0 Å². The molecule has 3 N–H and O–H groups in total. The Hall–Kier alpha value is -3.26. The lowest BCUT2D eigenvalue weighted by Crippen LogP contribution is -2.21. The predicted molar refractivity (Wildman–Crippen MR) is 124 cm³/mol. The van der Waals surface area contributed by atoms with Crippen molar-refractivity contribution in [2.75, 3.05) is 5.32 Å². The summed E-state index contributed by atoms with van der Waals surface area (Å²) in [4.78, 5) is 22.8. The fraction of sp³-hybridized carbons (Fsp3) is 0.0870. The van der Waals surface area contributed by atoms with Crippen LogP contribution in [0.1, 0.15) is 20.8 Å². The number of benzene rings is 2. The Morgan fingerprint density at radius 1 is 1.03 bits per heavy atom. The molecule has 6 nitrogen and oxygen atoms in total. The van der Waals surface area contributed by atoms with Gasteiger partial charge in [-0.15, -0.1) is 11.3 Å². The maximum Gasteiger partial charge on any atom is 0.261 e. The lowest BCUT2D eigenvalue weighted by atomic mass is 10.2. The molecule has 0 saturated heterocycles.